The van der Waals surface area contributed by atoms with Crippen molar-refractivity contribution in [2.24, 2.45) is 5.92 Å². The Hall–Kier alpha value is -1.42. The first-order valence-electron chi connectivity index (χ1n) is 8.25. The van der Waals surface area contributed by atoms with Gasteiger partial charge in [-0.2, -0.15) is 0 Å². The standard InChI is InChI=1S/C20H30O/c1-6-7-8-9-10-11-18-12-13-20(21-15-16(2)3)19(14-18)17(4)5/h12-14,16-17H,6-7,10-11,15H2,1-5H3. The second-order valence-electron chi connectivity index (χ2n) is 6.34. The van der Waals surface area contributed by atoms with Crippen LogP contribution in [0.3, 0.4) is 0 Å². The molecule has 0 spiro atoms. The fourth-order valence-corrected chi connectivity index (χ4v) is 2.10. The molecule has 21 heavy (non-hydrogen) atoms. The van der Waals surface area contributed by atoms with Crippen LogP contribution in [0.1, 0.15) is 70.9 Å². The Morgan fingerprint density at radius 3 is 2.38 bits per heavy atom. The summed E-state index contributed by atoms with van der Waals surface area (Å²) in [6.45, 7) is 11.8. The minimum Gasteiger partial charge on any atom is -0.493 e. The first-order chi connectivity index (χ1) is 10.0. The number of hydrogen-bond acceptors (Lipinski definition) is 1. The van der Waals surface area contributed by atoms with Gasteiger partial charge in [0.05, 0.1) is 6.61 Å². The summed E-state index contributed by atoms with van der Waals surface area (Å²) in [5, 5.41) is 0. The molecule has 116 valence electrons. The zero-order valence-corrected chi connectivity index (χ0v) is 14.3. The van der Waals surface area contributed by atoms with E-state index >= 15 is 0 Å². The zero-order chi connectivity index (χ0) is 15.7. The molecule has 1 rings (SSSR count). The quantitative estimate of drug-likeness (QED) is 0.594. The van der Waals surface area contributed by atoms with Gasteiger partial charge in [0, 0.05) is 12.8 Å². The molecule has 0 heterocycles. The molecule has 0 atom stereocenters. The van der Waals surface area contributed by atoms with Gasteiger partial charge in [0.15, 0.2) is 0 Å². The average Bonchev–Trinajstić information content (AvgIpc) is 2.45. The van der Waals surface area contributed by atoms with E-state index in [2.05, 4.69) is 64.7 Å². The van der Waals surface area contributed by atoms with Crippen molar-refractivity contribution < 1.29 is 4.74 Å². The number of unbranched alkanes of at least 4 members (excludes halogenated alkanes) is 1. The molecule has 0 aliphatic rings. The van der Waals surface area contributed by atoms with E-state index in [1.54, 1.807) is 0 Å². The molecule has 0 saturated carbocycles. The van der Waals surface area contributed by atoms with Gasteiger partial charge in [0.2, 0.25) is 0 Å². The van der Waals surface area contributed by atoms with Crippen LogP contribution in [0.15, 0.2) is 18.2 Å². The monoisotopic (exact) mass is 286 g/mol. The first-order valence-corrected chi connectivity index (χ1v) is 8.25. The van der Waals surface area contributed by atoms with E-state index in [1.807, 2.05) is 0 Å². The molecule has 0 bridgehead atoms. The number of benzene rings is 1. The lowest BCUT2D eigenvalue weighted by atomic mass is 9.98. The molecule has 1 aromatic carbocycles. The number of hydrogen-bond donors (Lipinski definition) is 0. The summed E-state index contributed by atoms with van der Waals surface area (Å²) < 4.78 is 5.94. The highest BCUT2D eigenvalue weighted by atomic mass is 16.5. The number of ether oxygens (including phenoxy) is 1. The van der Waals surface area contributed by atoms with Crippen molar-refractivity contribution in [1.82, 2.24) is 0 Å². The van der Waals surface area contributed by atoms with E-state index < -0.39 is 0 Å². The maximum atomic E-state index is 5.94. The van der Waals surface area contributed by atoms with Crippen LogP contribution < -0.4 is 4.74 Å². The Morgan fingerprint density at radius 1 is 1.05 bits per heavy atom. The topological polar surface area (TPSA) is 9.23 Å². The van der Waals surface area contributed by atoms with Crippen LogP contribution in [0.5, 0.6) is 5.75 Å². The van der Waals surface area contributed by atoms with Crippen LogP contribution in [0.2, 0.25) is 0 Å². The second-order valence-corrected chi connectivity index (χ2v) is 6.34. The Labute approximate surface area is 131 Å². The van der Waals surface area contributed by atoms with Crippen LogP contribution in [0.4, 0.5) is 0 Å². The average molecular weight is 286 g/mol. The van der Waals surface area contributed by atoms with Crippen molar-refractivity contribution >= 4 is 0 Å². The van der Waals surface area contributed by atoms with Gasteiger partial charge in [-0.05, 0) is 41.9 Å². The Balaban J connectivity index is 2.72. The molecule has 0 saturated heterocycles. The lowest BCUT2D eigenvalue weighted by Gasteiger charge is -2.16. The smallest absolute Gasteiger partial charge is 0.122 e. The molecule has 0 aliphatic heterocycles. The van der Waals surface area contributed by atoms with Crippen molar-refractivity contribution in [3.8, 4) is 17.6 Å². The lowest BCUT2D eigenvalue weighted by Crippen LogP contribution is -2.07. The summed E-state index contributed by atoms with van der Waals surface area (Å²) in [5.74, 6) is 8.55. The molecule has 1 aromatic rings. The van der Waals surface area contributed by atoms with Gasteiger partial charge in [0.1, 0.15) is 5.75 Å². The van der Waals surface area contributed by atoms with Gasteiger partial charge in [-0.3, -0.25) is 0 Å². The van der Waals surface area contributed by atoms with Gasteiger partial charge in [0.25, 0.3) is 0 Å². The third-order valence-corrected chi connectivity index (χ3v) is 3.31. The molecule has 0 unspecified atom stereocenters. The molecule has 0 aromatic heterocycles. The van der Waals surface area contributed by atoms with Gasteiger partial charge >= 0.3 is 0 Å². The molecule has 1 heteroatoms. The van der Waals surface area contributed by atoms with E-state index in [-0.39, 0.29) is 0 Å². The van der Waals surface area contributed by atoms with Crippen molar-refractivity contribution in [1.29, 1.82) is 0 Å². The SMILES string of the molecule is CCCC#CCCc1ccc(OCC(C)C)c(C(C)C)c1. The normalized spacial score (nSPS) is 10.6. The molecule has 0 radical (unpaired) electrons. The van der Waals surface area contributed by atoms with Crippen molar-refractivity contribution in [3.05, 3.63) is 29.3 Å². The third-order valence-electron chi connectivity index (χ3n) is 3.31. The molecule has 0 fully saturated rings. The van der Waals surface area contributed by atoms with Crippen LogP contribution in [-0.4, -0.2) is 6.61 Å². The molecular formula is C20H30O. The van der Waals surface area contributed by atoms with Crippen molar-refractivity contribution in [2.45, 2.75) is 66.2 Å². The third kappa shape index (κ3) is 6.71. The van der Waals surface area contributed by atoms with E-state index in [4.69, 9.17) is 4.74 Å². The van der Waals surface area contributed by atoms with Gasteiger partial charge < -0.3 is 4.74 Å². The highest BCUT2D eigenvalue weighted by Gasteiger charge is 2.09. The molecule has 1 nitrogen and oxygen atoms in total. The zero-order valence-electron chi connectivity index (χ0n) is 14.3. The summed E-state index contributed by atoms with van der Waals surface area (Å²) in [6, 6.07) is 6.61. The van der Waals surface area contributed by atoms with E-state index in [0.717, 1.165) is 38.0 Å². The van der Waals surface area contributed by atoms with E-state index in [9.17, 15) is 0 Å². The predicted molar refractivity (Wildman–Crippen MR) is 91.9 cm³/mol. The first kappa shape index (κ1) is 17.6. The van der Waals surface area contributed by atoms with E-state index in [0.29, 0.717) is 11.8 Å². The van der Waals surface area contributed by atoms with Crippen LogP contribution >= 0.6 is 0 Å². The summed E-state index contributed by atoms with van der Waals surface area (Å²) in [7, 11) is 0. The Kier molecular flexibility index (Phi) is 7.98. The fraction of sp³-hybridized carbons (Fsp3) is 0.600. The minimum absolute atomic E-state index is 0.485. The Bertz CT molecular complexity index is 474. The van der Waals surface area contributed by atoms with Gasteiger partial charge in [-0.15, -0.1) is 11.8 Å². The maximum Gasteiger partial charge on any atom is 0.122 e. The molecular weight excluding hydrogens is 256 g/mol. The number of rotatable bonds is 7. The fourth-order valence-electron chi connectivity index (χ4n) is 2.10. The van der Waals surface area contributed by atoms with Crippen molar-refractivity contribution in [2.75, 3.05) is 6.61 Å². The minimum atomic E-state index is 0.485. The second kappa shape index (κ2) is 9.50. The summed E-state index contributed by atoms with van der Waals surface area (Å²) in [5.41, 5.74) is 2.68. The highest BCUT2D eigenvalue weighted by Crippen LogP contribution is 2.28. The predicted octanol–water partition coefficient (Wildman–Crippen LogP) is 5.58. The molecule has 0 N–H and O–H groups in total. The van der Waals surface area contributed by atoms with E-state index in [1.165, 1.54) is 11.1 Å². The highest BCUT2D eigenvalue weighted by molar-refractivity contribution is 5.39. The van der Waals surface area contributed by atoms with Crippen LogP contribution in [0, 0.1) is 17.8 Å². The van der Waals surface area contributed by atoms with Gasteiger partial charge in [-0.1, -0.05) is 46.8 Å². The van der Waals surface area contributed by atoms with Crippen molar-refractivity contribution in [3.63, 3.8) is 0 Å². The largest absolute Gasteiger partial charge is 0.493 e. The van der Waals surface area contributed by atoms with Crippen LogP contribution in [-0.2, 0) is 6.42 Å². The summed E-state index contributed by atoms with van der Waals surface area (Å²) in [6.07, 6.45) is 4.14. The summed E-state index contributed by atoms with van der Waals surface area (Å²) in [4.78, 5) is 0. The van der Waals surface area contributed by atoms with Crippen LogP contribution in [0.25, 0.3) is 0 Å². The number of aryl methyl sites for hydroxylation is 1. The van der Waals surface area contributed by atoms with Gasteiger partial charge in [-0.25, -0.2) is 0 Å². The Morgan fingerprint density at radius 2 is 1.76 bits per heavy atom. The molecule has 0 amide bonds. The lowest BCUT2D eigenvalue weighted by molar-refractivity contribution is 0.267. The maximum absolute atomic E-state index is 5.94. The molecule has 0 aliphatic carbocycles. The summed E-state index contributed by atoms with van der Waals surface area (Å²) >= 11 is 0.